The maximum Gasteiger partial charge on any atom is 0.373 e. The van der Waals surface area contributed by atoms with E-state index < -0.39 is 43.0 Å². The van der Waals surface area contributed by atoms with Crippen molar-refractivity contribution in [1.82, 2.24) is 19.7 Å². The zero-order valence-electron chi connectivity index (χ0n) is 30.8. The fraction of sp³-hybridized carbons (Fsp3) is 0.432. The van der Waals surface area contributed by atoms with Crippen LogP contribution in [0, 0.1) is 0 Å². The van der Waals surface area contributed by atoms with Gasteiger partial charge in [0, 0.05) is 57.2 Å². The zero-order valence-corrected chi connectivity index (χ0v) is 30.8. The fourth-order valence-electron chi connectivity index (χ4n) is 5.16. The first-order valence-corrected chi connectivity index (χ1v) is 17.0. The maximum absolute atomic E-state index is 12.9. The number of H-pyrrole nitrogens is 1. The lowest BCUT2D eigenvalue weighted by Crippen LogP contribution is -2.44. The van der Waals surface area contributed by atoms with Gasteiger partial charge in [-0.2, -0.15) is 9.59 Å². The molecule has 0 spiro atoms. The van der Waals surface area contributed by atoms with Gasteiger partial charge in [0.15, 0.2) is 5.78 Å². The van der Waals surface area contributed by atoms with Crippen LogP contribution in [0.5, 0.6) is 0 Å². The summed E-state index contributed by atoms with van der Waals surface area (Å²) in [6.45, 7) is 1.21. The lowest BCUT2D eigenvalue weighted by molar-refractivity contribution is -0.192. The number of fused-ring (bicyclic) bond motifs is 1. The molecular formula is C37H49N5O13. The summed E-state index contributed by atoms with van der Waals surface area (Å²) in [5.74, 6) is -4.39. The Morgan fingerprint density at radius 2 is 1.31 bits per heavy atom. The first-order chi connectivity index (χ1) is 26.0. The van der Waals surface area contributed by atoms with Gasteiger partial charge in [0.1, 0.15) is 12.4 Å². The molecule has 0 bridgehead atoms. The van der Waals surface area contributed by atoms with Gasteiger partial charge in [-0.25, -0.2) is 0 Å². The number of ether oxygens (including phenoxy) is 1. The van der Waals surface area contributed by atoms with E-state index in [1.165, 1.54) is 4.90 Å². The molecule has 0 radical (unpaired) electrons. The summed E-state index contributed by atoms with van der Waals surface area (Å²) in [5.41, 5.74) is 9.81. The van der Waals surface area contributed by atoms with Crippen molar-refractivity contribution in [1.29, 1.82) is 0 Å². The van der Waals surface area contributed by atoms with E-state index >= 15 is 0 Å². The van der Waals surface area contributed by atoms with Crippen LogP contribution < -0.4 is 5.73 Å². The Kier molecular flexibility index (Phi) is 22.6. The molecule has 55 heavy (non-hydrogen) atoms. The normalized spacial score (nSPS) is 11.2. The summed E-state index contributed by atoms with van der Waals surface area (Å²) in [5, 5.41) is 35.8. The Hall–Kier alpha value is -5.62. The Morgan fingerprint density at radius 1 is 0.782 bits per heavy atom. The summed E-state index contributed by atoms with van der Waals surface area (Å²) < 4.78 is 5.62. The van der Waals surface area contributed by atoms with E-state index in [1.54, 1.807) is 16.8 Å². The Morgan fingerprint density at radius 3 is 1.87 bits per heavy atom. The van der Waals surface area contributed by atoms with Crippen LogP contribution in [-0.2, 0) is 62.5 Å². The van der Waals surface area contributed by atoms with E-state index in [4.69, 9.17) is 45.3 Å². The van der Waals surface area contributed by atoms with E-state index in [0.29, 0.717) is 25.9 Å². The van der Waals surface area contributed by atoms with E-state index in [-0.39, 0.29) is 63.5 Å². The molecular weight excluding hydrogens is 722 g/mol. The average molecular weight is 772 g/mol. The Labute approximate surface area is 317 Å². The van der Waals surface area contributed by atoms with Gasteiger partial charge in [-0.3, -0.25) is 43.5 Å². The fourth-order valence-corrected chi connectivity index (χ4v) is 5.16. The molecule has 7 N–H and O–H groups in total. The van der Waals surface area contributed by atoms with Crippen molar-refractivity contribution in [3.05, 3.63) is 71.4 Å². The first-order valence-electron chi connectivity index (χ1n) is 17.0. The largest absolute Gasteiger partial charge is 0.481 e. The highest BCUT2D eigenvalue weighted by molar-refractivity contribution is 5.86. The quantitative estimate of drug-likeness (QED) is 0.0728. The number of Topliss-reactive ketones (excluding diaryl/α,β-unsaturated/α-hetero) is 2. The van der Waals surface area contributed by atoms with E-state index in [2.05, 4.69) is 4.98 Å². The van der Waals surface area contributed by atoms with E-state index in [9.17, 15) is 24.0 Å². The molecule has 3 rings (SSSR count). The molecule has 0 amide bonds. The maximum atomic E-state index is 12.9. The number of carbonyl (C=O) groups excluding carboxylic acids is 4. The van der Waals surface area contributed by atoms with E-state index in [1.807, 2.05) is 54.6 Å². The molecule has 18 heteroatoms. The number of nitrogens with two attached hydrogens (primary N) is 1. The van der Waals surface area contributed by atoms with E-state index in [0.717, 1.165) is 34.6 Å². The van der Waals surface area contributed by atoms with Gasteiger partial charge in [-0.05, 0) is 42.1 Å². The third-order valence-corrected chi connectivity index (χ3v) is 7.72. The van der Waals surface area contributed by atoms with Gasteiger partial charge < -0.3 is 35.9 Å². The molecule has 1 heterocycles. The number of aromatic nitrogens is 1. The summed E-state index contributed by atoms with van der Waals surface area (Å²) in [4.78, 5) is 92.0. The third-order valence-electron chi connectivity index (χ3n) is 7.72. The number of aromatic amines is 1. The molecule has 0 saturated heterocycles. The first kappa shape index (κ1) is 47.4. The molecule has 2 aromatic carbocycles. The second-order valence-electron chi connectivity index (χ2n) is 12.5. The molecule has 0 unspecified atom stereocenters. The second-order valence-corrected chi connectivity index (χ2v) is 12.5. The standard InChI is InChI=1S/C34H45N5O9.C2H4O2.CO2/c1-37(19-32(42)43)12-13-38(14-15-39(20-33(44)45)21-34(46)47)18-28(40)11-10-24-6-8-25(9-7-24)22-48-23-31(41)29(35)17-27-16-26-4-2-3-5-30(26)36-27;1-2(3)4;2-1-3/h2-9,16,29,36H,10-15,17-23,35H2,1H3,(H,42,43)(H,44,45)(H,46,47);1H3,(H,3,4);/t29-;;/m1../s1. The van der Waals surface area contributed by atoms with Gasteiger partial charge in [-0.1, -0.05) is 42.5 Å². The zero-order chi connectivity index (χ0) is 41.3. The van der Waals surface area contributed by atoms with Gasteiger partial charge in [0.25, 0.3) is 5.97 Å². The number of aliphatic carboxylic acids is 4. The summed E-state index contributed by atoms with van der Waals surface area (Å²) in [6.07, 6.45) is 1.36. The van der Waals surface area contributed by atoms with Crippen LogP contribution in [0.1, 0.15) is 30.2 Å². The molecule has 1 atom stereocenters. The number of rotatable bonds is 24. The third kappa shape index (κ3) is 22.3. The van der Waals surface area contributed by atoms with Crippen LogP contribution in [0.15, 0.2) is 54.6 Å². The van der Waals surface area contributed by atoms with Crippen molar-refractivity contribution >= 4 is 52.5 Å². The molecule has 0 aliphatic carbocycles. The monoisotopic (exact) mass is 771 g/mol. The molecule has 0 aliphatic rings. The number of carbonyl (C=O) groups is 6. The van der Waals surface area contributed by atoms with Crippen molar-refractivity contribution < 1.29 is 63.5 Å². The second kappa shape index (κ2) is 26.2. The summed E-state index contributed by atoms with van der Waals surface area (Å²) in [7, 11) is 1.64. The lowest BCUT2D eigenvalue weighted by atomic mass is 10.1. The van der Waals surface area contributed by atoms with Crippen molar-refractivity contribution in [2.24, 2.45) is 5.73 Å². The van der Waals surface area contributed by atoms with Crippen molar-refractivity contribution in [3.63, 3.8) is 0 Å². The van der Waals surface area contributed by atoms with Crippen LogP contribution in [0.25, 0.3) is 10.9 Å². The number of hydrogen-bond acceptors (Lipinski definition) is 13. The number of carboxylic acids is 4. The smallest absolute Gasteiger partial charge is 0.373 e. The van der Waals surface area contributed by atoms with Crippen molar-refractivity contribution in [3.8, 4) is 0 Å². The number of benzene rings is 2. The molecule has 3 aromatic rings. The van der Waals surface area contributed by atoms with Gasteiger partial charge in [-0.15, -0.1) is 0 Å². The number of carboxylic acid groups (broad SMARTS) is 4. The molecule has 1 aromatic heterocycles. The van der Waals surface area contributed by atoms with Crippen LogP contribution in [0.3, 0.4) is 0 Å². The highest BCUT2D eigenvalue weighted by Crippen LogP contribution is 2.16. The van der Waals surface area contributed by atoms with Crippen LogP contribution >= 0.6 is 0 Å². The predicted octanol–water partition coefficient (Wildman–Crippen LogP) is 0.622. The average Bonchev–Trinajstić information content (AvgIpc) is 3.50. The SMILES string of the molecule is CC(=O)O.CN(CCN(CCN(CC(=O)O)CC(=O)O)CC(=O)CCc1ccc(COCC(=O)[C@H](N)Cc2cc3ccccc3[nH]2)cc1)CC(=O)O.O=C=O. The van der Waals surface area contributed by atoms with Gasteiger partial charge >= 0.3 is 24.1 Å². The number of nitrogens with one attached hydrogen (secondary N) is 1. The molecule has 0 fully saturated rings. The van der Waals surface area contributed by atoms with Crippen LogP contribution in [0.4, 0.5) is 0 Å². The Balaban J connectivity index is 0.00000199. The van der Waals surface area contributed by atoms with Gasteiger partial charge in [0.2, 0.25) is 0 Å². The number of aryl methyl sites for hydroxylation is 1. The topological polar surface area (TPSA) is 278 Å². The number of nitrogens with zero attached hydrogens (tertiary/aromatic N) is 3. The summed E-state index contributed by atoms with van der Waals surface area (Å²) in [6, 6.07) is 16.7. The van der Waals surface area contributed by atoms with Crippen LogP contribution in [0.2, 0.25) is 0 Å². The Bertz CT molecular complexity index is 1670. The van der Waals surface area contributed by atoms with Crippen molar-refractivity contribution in [2.75, 3.05) is 66.0 Å². The van der Waals surface area contributed by atoms with Gasteiger partial charge in [0.05, 0.1) is 38.8 Å². The molecule has 300 valence electrons. The van der Waals surface area contributed by atoms with Crippen LogP contribution in [-0.4, -0.2) is 154 Å². The number of hydrogen-bond donors (Lipinski definition) is 6. The minimum Gasteiger partial charge on any atom is -0.481 e. The minimum absolute atomic E-state index is 0.0528. The minimum atomic E-state index is -1.16. The molecule has 0 saturated carbocycles. The molecule has 18 nitrogen and oxygen atoms in total. The van der Waals surface area contributed by atoms with Crippen molar-refractivity contribution in [2.45, 2.75) is 38.8 Å². The molecule has 0 aliphatic heterocycles. The number of para-hydroxylation sites is 1. The summed E-state index contributed by atoms with van der Waals surface area (Å²) >= 11 is 0. The highest BCUT2D eigenvalue weighted by Gasteiger charge is 2.19. The highest BCUT2D eigenvalue weighted by atomic mass is 16.5. The lowest BCUT2D eigenvalue weighted by Gasteiger charge is -2.27. The number of likely N-dealkylation sites (N-methyl/N-ethyl adjacent to an activating group) is 1. The number of ketones is 2. The predicted molar refractivity (Wildman–Crippen MR) is 196 cm³/mol.